The van der Waals surface area contributed by atoms with E-state index in [9.17, 15) is 0 Å². The molecule has 1 aliphatic rings. The lowest BCUT2D eigenvalue weighted by molar-refractivity contribution is 0.0769. The molecule has 0 amide bonds. The van der Waals surface area contributed by atoms with E-state index >= 15 is 0 Å². The van der Waals surface area contributed by atoms with Crippen molar-refractivity contribution in [1.29, 1.82) is 0 Å². The summed E-state index contributed by atoms with van der Waals surface area (Å²) in [5.41, 5.74) is 4.17. The summed E-state index contributed by atoms with van der Waals surface area (Å²) in [6.45, 7) is 7.00. The normalized spacial score (nSPS) is 21.6. The molecular weight excluding hydrogens is 186 g/mol. The van der Waals surface area contributed by atoms with Crippen LogP contribution in [0.2, 0.25) is 0 Å². The van der Waals surface area contributed by atoms with E-state index in [-0.39, 0.29) is 0 Å². The Balaban J connectivity index is 2.05. The average molecular weight is 205 g/mol. The molecule has 2 heteroatoms. The summed E-state index contributed by atoms with van der Waals surface area (Å²) in [5.74, 6) is 0. The predicted octanol–water partition coefficient (Wildman–Crippen LogP) is 1.83. The molecule has 1 aliphatic heterocycles. The van der Waals surface area contributed by atoms with Gasteiger partial charge in [0.2, 0.25) is 0 Å². The molecule has 0 bridgehead atoms. The van der Waals surface area contributed by atoms with Gasteiger partial charge in [0.1, 0.15) is 0 Å². The summed E-state index contributed by atoms with van der Waals surface area (Å²) in [6, 6.07) is 7.14. The Bertz CT molecular complexity index is 329. The number of nitrogens with one attached hydrogen (secondary N) is 1. The quantitative estimate of drug-likeness (QED) is 0.795. The van der Waals surface area contributed by atoms with Crippen LogP contribution in [0.5, 0.6) is 0 Å². The van der Waals surface area contributed by atoms with Gasteiger partial charge in [-0.15, -0.1) is 0 Å². The third kappa shape index (κ3) is 2.80. The molecule has 1 N–H and O–H groups in total. The monoisotopic (exact) mass is 205 g/mol. The fraction of sp³-hybridized carbons (Fsp3) is 0.538. The number of hydrogen-bond donors (Lipinski definition) is 1. The summed E-state index contributed by atoms with van der Waals surface area (Å²) in [7, 11) is 0. The highest BCUT2D eigenvalue weighted by Crippen LogP contribution is 2.13. The summed E-state index contributed by atoms with van der Waals surface area (Å²) in [5, 5.41) is 3.49. The Morgan fingerprint density at radius 1 is 1.40 bits per heavy atom. The summed E-state index contributed by atoms with van der Waals surface area (Å²) in [4.78, 5) is 0. The standard InChI is InChI=1S/C13H19NO/c1-10-3-4-11(2)12(7-10)8-13-9-15-6-5-14-13/h3-4,7,13-14H,5-6,8-9H2,1-2H3. The van der Waals surface area contributed by atoms with Crippen molar-refractivity contribution in [3.8, 4) is 0 Å². The van der Waals surface area contributed by atoms with Crippen LogP contribution in [0.4, 0.5) is 0 Å². The zero-order valence-electron chi connectivity index (χ0n) is 9.55. The topological polar surface area (TPSA) is 21.3 Å². The van der Waals surface area contributed by atoms with Crippen LogP contribution < -0.4 is 5.32 Å². The van der Waals surface area contributed by atoms with Gasteiger partial charge in [-0.05, 0) is 31.4 Å². The van der Waals surface area contributed by atoms with E-state index in [1.807, 2.05) is 0 Å². The highest BCUT2D eigenvalue weighted by molar-refractivity contribution is 5.31. The first-order chi connectivity index (χ1) is 7.25. The van der Waals surface area contributed by atoms with Gasteiger partial charge in [0.15, 0.2) is 0 Å². The smallest absolute Gasteiger partial charge is 0.0623 e. The molecule has 0 spiro atoms. The lowest BCUT2D eigenvalue weighted by atomic mass is 9.99. The lowest BCUT2D eigenvalue weighted by Gasteiger charge is -2.24. The molecule has 1 aromatic carbocycles. The molecule has 1 atom stereocenters. The number of ether oxygens (including phenoxy) is 1. The zero-order valence-corrected chi connectivity index (χ0v) is 9.55. The van der Waals surface area contributed by atoms with Crippen LogP contribution in [-0.2, 0) is 11.2 Å². The van der Waals surface area contributed by atoms with Crippen LogP contribution in [0, 0.1) is 13.8 Å². The molecule has 1 unspecified atom stereocenters. The predicted molar refractivity (Wildman–Crippen MR) is 62.2 cm³/mol. The Morgan fingerprint density at radius 3 is 3.00 bits per heavy atom. The highest BCUT2D eigenvalue weighted by Gasteiger charge is 2.14. The van der Waals surface area contributed by atoms with Crippen LogP contribution in [0.1, 0.15) is 16.7 Å². The molecule has 2 nitrogen and oxygen atoms in total. The summed E-state index contributed by atoms with van der Waals surface area (Å²) in [6.07, 6.45) is 1.08. The van der Waals surface area contributed by atoms with Crippen molar-refractivity contribution in [3.63, 3.8) is 0 Å². The minimum absolute atomic E-state index is 0.485. The first-order valence-corrected chi connectivity index (χ1v) is 5.63. The van der Waals surface area contributed by atoms with E-state index in [4.69, 9.17) is 4.74 Å². The van der Waals surface area contributed by atoms with Crippen LogP contribution >= 0.6 is 0 Å². The number of hydrogen-bond acceptors (Lipinski definition) is 2. The second-order valence-corrected chi connectivity index (χ2v) is 4.36. The van der Waals surface area contributed by atoms with Gasteiger partial charge in [-0.3, -0.25) is 0 Å². The molecule has 0 radical (unpaired) electrons. The van der Waals surface area contributed by atoms with Gasteiger partial charge in [-0.2, -0.15) is 0 Å². The number of benzene rings is 1. The molecule has 1 heterocycles. The van der Waals surface area contributed by atoms with Crippen molar-refractivity contribution >= 4 is 0 Å². The maximum atomic E-state index is 5.46. The molecule has 1 aromatic rings. The molecule has 1 saturated heterocycles. The van der Waals surface area contributed by atoms with Gasteiger partial charge in [0, 0.05) is 12.6 Å². The van der Waals surface area contributed by atoms with Crippen molar-refractivity contribution in [1.82, 2.24) is 5.32 Å². The summed E-state index contributed by atoms with van der Waals surface area (Å²) >= 11 is 0. The first-order valence-electron chi connectivity index (χ1n) is 5.63. The molecule has 0 saturated carbocycles. The van der Waals surface area contributed by atoms with Gasteiger partial charge >= 0.3 is 0 Å². The molecule has 15 heavy (non-hydrogen) atoms. The molecule has 2 rings (SSSR count). The average Bonchev–Trinajstić information content (AvgIpc) is 2.25. The maximum absolute atomic E-state index is 5.46. The van der Waals surface area contributed by atoms with Crippen LogP contribution in [0.15, 0.2) is 18.2 Å². The summed E-state index contributed by atoms with van der Waals surface area (Å²) < 4.78 is 5.46. The molecule has 82 valence electrons. The van der Waals surface area contributed by atoms with Gasteiger partial charge in [0.05, 0.1) is 13.2 Å². The third-order valence-electron chi connectivity index (χ3n) is 2.97. The third-order valence-corrected chi connectivity index (χ3v) is 2.97. The number of morpholine rings is 1. The van der Waals surface area contributed by atoms with Gasteiger partial charge in [0.25, 0.3) is 0 Å². The zero-order chi connectivity index (χ0) is 10.7. The van der Waals surface area contributed by atoms with Crippen LogP contribution in [0.3, 0.4) is 0 Å². The molecular formula is C13H19NO. The van der Waals surface area contributed by atoms with Crippen molar-refractivity contribution in [2.75, 3.05) is 19.8 Å². The Kier molecular flexibility index (Phi) is 3.39. The van der Waals surface area contributed by atoms with Crippen LogP contribution in [0.25, 0.3) is 0 Å². The second-order valence-electron chi connectivity index (χ2n) is 4.36. The van der Waals surface area contributed by atoms with Crippen LogP contribution in [-0.4, -0.2) is 25.8 Å². The van der Waals surface area contributed by atoms with Crippen molar-refractivity contribution < 1.29 is 4.74 Å². The van der Waals surface area contributed by atoms with E-state index in [1.54, 1.807) is 0 Å². The molecule has 0 aromatic heterocycles. The minimum atomic E-state index is 0.485. The Hall–Kier alpha value is -0.860. The second kappa shape index (κ2) is 4.77. The van der Waals surface area contributed by atoms with Crippen molar-refractivity contribution in [2.45, 2.75) is 26.3 Å². The van der Waals surface area contributed by atoms with E-state index in [0.717, 1.165) is 26.2 Å². The number of rotatable bonds is 2. The van der Waals surface area contributed by atoms with E-state index in [2.05, 4.69) is 37.4 Å². The van der Waals surface area contributed by atoms with E-state index < -0.39 is 0 Å². The highest BCUT2D eigenvalue weighted by atomic mass is 16.5. The maximum Gasteiger partial charge on any atom is 0.0623 e. The first kappa shape index (κ1) is 10.7. The largest absolute Gasteiger partial charge is 0.379 e. The Morgan fingerprint density at radius 2 is 2.27 bits per heavy atom. The van der Waals surface area contributed by atoms with E-state index in [0.29, 0.717) is 6.04 Å². The van der Waals surface area contributed by atoms with E-state index in [1.165, 1.54) is 16.7 Å². The molecule has 0 aliphatic carbocycles. The van der Waals surface area contributed by atoms with Crippen molar-refractivity contribution in [2.24, 2.45) is 0 Å². The lowest BCUT2D eigenvalue weighted by Crippen LogP contribution is -2.42. The van der Waals surface area contributed by atoms with Crippen molar-refractivity contribution in [3.05, 3.63) is 34.9 Å². The fourth-order valence-electron chi connectivity index (χ4n) is 2.04. The SMILES string of the molecule is Cc1ccc(C)c(CC2COCCN2)c1. The van der Waals surface area contributed by atoms with Gasteiger partial charge < -0.3 is 10.1 Å². The Labute approximate surface area is 91.6 Å². The molecule has 1 fully saturated rings. The minimum Gasteiger partial charge on any atom is -0.379 e. The van der Waals surface area contributed by atoms with Gasteiger partial charge in [-0.25, -0.2) is 0 Å². The van der Waals surface area contributed by atoms with Gasteiger partial charge in [-0.1, -0.05) is 23.8 Å². The fourth-order valence-corrected chi connectivity index (χ4v) is 2.04. The number of aryl methyl sites for hydroxylation is 2.